The fourth-order valence-corrected chi connectivity index (χ4v) is 2.57. The van der Waals surface area contributed by atoms with Gasteiger partial charge in [0.1, 0.15) is 0 Å². The molecule has 0 amide bonds. The van der Waals surface area contributed by atoms with E-state index in [-0.39, 0.29) is 11.8 Å². The van der Waals surface area contributed by atoms with Gasteiger partial charge in [0.25, 0.3) is 0 Å². The molecule has 1 aliphatic rings. The number of halogens is 3. The molecular formula is C13H17F3N2O2. The highest BCUT2D eigenvalue weighted by Crippen LogP contribution is 2.35. The molecule has 20 heavy (non-hydrogen) atoms. The van der Waals surface area contributed by atoms with E-state index in [0.717, 1.165) is 32.1 Å². The van der Waals surface area contributed by atoms with Crippen LogP contribution in [-0.4, -0.2) is 22.1 Å². The van der Waals surface area contributed by atoms with Crippen LogP contribution >= 0.6 is 0 Å². The second-order valence-corrected chi connectivity index (χ2v) is 5.27. The van der Waals surface area contributed by atoms with E-state index < -0.39 is 18.4 Å². The van der Waals surface area contributed by atoms with E-state index in [9.17, 15) is 18.0 Å². The number of rotatable bonds is 4. The van der Waals surface area contributed by atoms with E-state index in [4.69, 9.17) is 4.52 Å². The summed E-state index contributed by atoms with van der Waals surface area (Å²) in [5.74, 6) is -0.826. The fraction of sp³-hybridized carbons (Fsp3) is 0.769. The monoisotopic (exact) mass is 290 g/mol. The van der Waals surface area contributed by atoms with Crippen molar-refractivity contribution < 1.29 is 22.5 Å². The number of Topliss-reactive ketones (excluding diaryl/α,β-unsaturated/α-hetero) is 1. The third-order valence-corrected chi connectivity index (χ3v) is 3.90. The molecule has 0 N–H and O–H groups in total. The lowest BCUT2D eigenvalue weighted by Crippen LogP contribution is -2.24. The maximum absolute atomic E-state index is 12.1. The SMILES string of the molecule is CCC1CCC(c2noc(CC(=O)C(F)(F)F)n2)CC1. The Morgan fingerprint density at radius 1 is 1.30 bits per heavy atom. The van der Waals surface area contributed by atoms with Crippen LogP contribution in [0.2, 0.25) is 0 Å². The molecule has 1 saturated carbocycles. The van der Waals surface area contributed by atoms with Gasteiger partial charge in [0.2, 0.25) is 11.7 Å². The summed E-state index contributed by atoms with van der Waals surface area (Å²) in [6.45, 7) is 2.15. The summed E-state index contributed by atoms with van der Waals surface area (Å²) >= 11 is 0. The molecule has 1 fully saturated rings. The van der Waals surface area contributed by atoms with Crippen LogP contribution in [0.5, 0.6) is 0 Å². The number of carbonyl (C=O) groups is 1. The maximum Gasteiger partial charge on any atom is 0.450 e. The predicted molar refractivity (Wildman–Crippen MR) is 64.1 cm³/mol. The van der Waals surface area contributed by atoms with E-state index in [1.165, 1.54) is 0 Å². The molecule has 0 spiro atoms. The van der Waals surface area contributed by atoms with Gasteiger partial charge in [0.05, 0.1) is 6.42 Å². The zero-order chi connectivity index (χ0) is 14.8. The Bertz CT molecular complexity index is 462. The van der Waals surface area contributed by atoms with Crippen LogP contribution < -0.4 is 0 Å². The van der Waals surface area contributed by atoms with Crippen LogP contribution in [0, 0.1) is 5.92 Å². The van der Waals surface area contributed by atoms with Gasteiger partial charge in [-0.05, 0) is 31.6 Å². The van der Waals surface area contributed by atoms with Gasteiger partial charge in [-0.25, -0.2) is 0 Å². The van der Waals surface area contributed by atoms with Crippen molar-refractivity contribution in [3.05, 3.63) is 11.7 Å². The Labute approximate surface area is 114 Å². The predicted octanol–water partition coefficient (Wildman–Crippen LogP) is 3.43. The van der Waals surface area contributed by atoms with Crippen molar-refractivity contribution in [2.45, 2.75) is 57.5 Å². The zero-order valence-electron chi connectivity index (χ0n) is 11.2. The molecule has 1 aromatic rings. The van der Waals surface area contributed by atoms with Crippen LogP contribution in [0.15, 0.2) is 4.52 Å². The van der Waals surface area contributed by atoms with Gasteiger partial charge in [-0.2, -0.15) is 18.2 Å². The summed E-state index contributed by atoms with van der Waals surface area (Å²) < 4.78 is 41.2. The molecule has 112 valence electrons. The fourth-order valence-electron chi connectivity index (χ4n) is 2.57. The van der Waals surface area contributed by atoms with Crippen molar-refractivity contribution in [3.8, 4) is 0 Å². The second kappa shape index (κ2) is 5.93. The van der Waals surface area contributed by atoms with Gasteiger partial charge in [0.15, 0.2) is 5.82 Å². The molecule has 1 aromatic heterocycles. The molecule has 0 unspecified atom stereocenters. The first-order chi connectivity index (χ1) is 9.40. The molecule has 0 saturated heterocycles. The summed E-state index contributed by atoms with van der Waals surface area (Å²) in [7, 11) is 0. The van der Waals surface area contributed by atoms with Crippen molar-refractivity contribution in [1.29, 1.82) is 0 Å². The van der Waals surface area contributed by atoms with E-state index in [2.05, 4.69) is 17.1 Å². The number of alkyl halides is 3. The lowest BCUT2D eigenvalue weighted by atomic mass is 9.80. The third-order valence-electron chi connectivity index (χ3n) is 3.90. The first-order valence-corrected chi connectivity index (χ1v) is 6.82. The van der Waals surface area contributed by atoms with Crippen LogP contribution in [0.4, 0.5) is 13.2 Å². The minimum absolute atomic E-state index is 0.135. The first-order valence-electron chi connectivity index (χ1n) is 6.82. The third kappa shape index (κ3) is 3.58. The molecule has 4 nitrogen and oxygen atoms in total. The van der Waals surface area contributed by atoms with Gasteiger partial charge >= 0.3 is 6.18 Å². The number of ketones is 1. The Hall–Kier alpha value is -1.40. The quantitative estimate of drug-likeness (QED) is 0.852. The van der Waals surface area contributed by atoms with Crippen molar-refractivity contribution in [2.75, 3.05) is 0 Å². The van der Waals surface area contributed by atoms with Crippen LogP contribution in [-0.2, 0) is 11.2 Å². The minimum atomic E-state index is -4.85. The Morgan fingerprint density at radius 3 is 2.50 bits per heavy atom. The summed E-state index contributed by atoms with van der Waals surface area (Å²) in [4.78, 5) is 14.8. The molecular weight excluding hydrogens is 273 g/mol. The van der Waals surface area contributed by atoms with E-state index in [1.54, 1.807) is 0 Å². The van der Waals surface area contributed by atoms with Crippen LogP contribution in [0.1, 0.15) is 56.7 Å². The minimum Gasteiger partial charge on any atom is -0.339 e. The highest BCUT2D eigenvalue weighted by molar-refractivity contribution is 5.85. The van der Waals surface area contributed by atoms with Crippen LogP contribution in [0.3, 0.4) is 0 Å². The van der Waals surface area contributed by atoms with Gasteiger partial charge in [0, 0.05) is 5.92 Å². The van der Waals surface area contributed by atoms with Gasteiger partial charge in [-0.1, -0.05) is 18.5 Å². The zero-order valence-corrected chi connectivity index (χ0v) is 11.2. The largest absolute Gasteiger partial charge is 0.450 e. The molecule has 7 heteroatoms. The topological polar surface area (TPSA) is 56.0 Å². The summed E-state index contributed by atoms with van der Waals surface area (Å²) in [5, 5.41) is 3.72. The summed E-state index contributed by atoms with van der Waals surface area (Å²) in [6.07, 6.45) is -0.590. The molecule has 0 bridgehead atoms. The number of hydrogen-bond acceptors (Lipinski definition) is 4. The van der Waals surface area contributed by atoms with E-state index in [0.29, 0.717) is 11.7 Å². The molecule has 0 atom stereocenters. The van der Waals surface area contributed by atoms with Crippen molar-refractivity contribution >= 4 is 5.78 Å². The molecule has 1 heterocycles. The molecule has 1 aliphatic carbocycles. The van der Waals surface area contributed by atoms with Gasteiger partial charge < -0.3 is 4.52 Å². The number of hydrogen-bond donors (Lipinski definition) is 0. The van der Waals surface area contributed by atoms with E-state index >= 15 is 0 Å². The average Bonchev–Trinajstić information content (AvgIpc) is 2.86. The van der Waals surface area contributed by atoms with E-state index in [1.807, 2.05) is 0 Å². The standard InChI is InChI=1S/C13H17F3N2O2/c1-2-8-3-5-9(6-4-8)12-17-11(20-18-12)7-10(19)13(14,15)16/h8-9H,2-7H2,1H3. The van der Waals surface area contributed by atoms with Gasteiger partial charge in [-0.15, -0.1) is 0 Å². The summed E-state index contributed by atoms with van der Waals surface area (Å²) in [6, 6.07) is 0. The molecule has 0 aromatic carbocycles. The van der Waals surface area contributed by atoms with Crippen molar-refractivity contribution in [2.24, 2.45) is 5.92 Å². The lowest BCUT2D eigenvalue weighted by Gasteiger charge is -2.25. The number of carbonyl (C=O) groups excluding carboxylic acids is 1. The number of aromatic nitrogens is 2. The Balaban J connectivity index is 1.94. The normalized spacial score (nSPS) is 23.8. The van der Waals surface area contributed by atoms with Crippen molar-refractivity contribution in [1.82, 2.24) is 10.1 Å². The van der Waals surface area contributed by atoms with Gasteiger partial charge in [-0.3, -0.25) is 4.79 Å². The van der Waals surface area contributed by atoms with Crippen molar-refractivity contribution in [3.63, 3.8) is 0 Å². The highest BCUT2D eigenvalue weighted by Gasteiger charge is 2.39. The smallest absolute Gasteiger partial charge is 0.339 e. The highest BCUT2D eigenvalue weighted by atomic mass is 19.4. The lowest BCUT2D eigenvalue weighted by molar-refractivity contribution is -0.170. The molecule has 2 rings (SSSR count). The Kier molecular flexibility index (Phi) is 4.45. The maximum atomic E-state index is 12.1. The Morgan fingerprint density at radius 2 is 1.95 bits per heavy atom. The molecule has 0 radical (unpaired) electrons. The molecule has 0 aliphatic heterocycles. The second-order valence-electron chi connectivity index (χ2n) is 5.27. The average molecular weight is 290 g/mol. The first kappa shape index (κ1) is 15.0. The summed E-state index contributed by atoms with van der Waals surface area (Å²) in [5.41, 5.74) is 0. The number of nitrogens with zero attached hydrogens (tertiary/aromatic N) is 2. The van der Waals surface area contributed by atoms with Crippen LogP contribution in [0.25, 0.3) is 0 Å².